The molecule has 70 valence electrons. The zero-order valence-corrected chi connectivity index (χ0v) is 10.4. The molecule has 1 aromatic rings. The fraction of sp³-hybridized carbons (Fsp3) is 0.125. The minimum Gasteiger partial charge on any atom is -0.503 e. The van der Waals surface area contributed by atoms with Gasteiger partial charge in [-0.2, -0.15) is 0 Å². The van der Waals surface area contributed by atoms with Crippen molar-refractivity contribution < 1.29 is 14.6 Å². The Morgan fingerprint density at radius 2 is 2.31 bits per heavy atom. The highest BCUT2D eigenvalue weighted by molar-refractivity contribution is 14.1. The highest BCUT2D eigenvalue weighted by Gasteiger charge is 2.13. The molecule has 0 saturated heterocycles. The zero-order valence-electron chi connectivity index (χ0n) is 6.67. The first-order valence-electron chi connectivity index (χ1n) is 3.32. The average Bonchev–Trinajstić information content (AvgIpc) is 2.15. The average molecular weight is 357 g/mol. The number of methoxy groups -OCH3 is 1. The van der Waals surface area contributed by atoms with E-state index in [0.29, 0.717) is 25.6 Å². The quantitative estimate of drug-likeness (QED) is 0.654. The van der Waals surface area contributed by atoms with Crippen molar-refractivity contribution in [2.45, 2.75) is 0 Å². The highest BCUT2D eigenvalue weighted by atomic mass is 127. The Labute approximate surface area is 97.4 Å². The second-order valence-electron chi connectivity index (χ2n) is 2.26. The monoisotopic (exact) mass is 356 g/mol. The topological polar surface area (TPSA) is 46.5 Å². The smallest absolute Gasteiger partial charge is 0.172 e. The summed E-state index contributed by atoms with van der Waals surface area (Å²) in [6, 6.07) is 1.48. The number of halogens is 2. The molecule has 13 heavy (non-hydrogen) atoms. The molecule has 0 saturated carbocycles. The summed E-state index contributed by atoms with van der Waals surface area (Å²) in [4.78, 5) is 10.6. The summed E-state index contributed by atoms with van der Waals surface area (Å²) in [7, 11) is 1.44. The molecule has 0 aliphatic carbocycles. The molecule has 0 bridgehead atoms. The molecule has 0 unspecified atom stereocenters. The zero-order chi connectivity index (χ0) is 10.0. The number of phenolic OH excluding ortho intramolecular Hbond substituents is 1. The SMILES string of the molecule is COc1cc(C=O)c(Br)c(I)c1O. The van der Waals surface area contributed by atoms with Gasteiger partial charge in [-0.05, 0) is 44.6 Å². The van der Waals surface area contributed by atoms with Gasteiger partial charge in [0.2, 0.25) is 0 Å². The van der Waals surface area contributed by atoms with Gasteiger partial charge in [-0.15, -0.1) is 0 Å². The van der Waals surface area contributed by atoms with Crippen LogP contribution in [0.15, 0.2) is 10.5 Å². The Morgan fingerprint density at radius 3 is 2.77 bits per heavy atom. The number of hydrogen-bond acceptors (Lipinski definition) is 3. The molecular formula is C8H6BrIO3. The third-order valence-electron chi connectivity index (χ3n) is 1.52. The number of phenols is 1. The van der Waals surface area contributed by atoms with Crippen molar-refractivity contribution in [2.24, 2.45) is 0 Å². The summed E-state index contributed by atoms with van der Waals surface area (Å²) in [5, 5.41) is 9.52. The van der Waals surface area contributed by atoms with Crippen LogP contribution in [0.5, 0.6) is 11.5 Å². The van der Waals surface area contributed by atoms with Crippen LogP contribution in [0.3, 0.4) is 0 Å². The van der Waals surface area contributed by atoms with Gasteiger partial charge in [-0.1, -0.05) is 0 Å². The minimum absolute atomic E-state index is 0.0422. The molecule has 3 nitrogen and oxygen atoms in total. The first-order valence-corrected chi connectivity index (χ1v) is 5.19. The molecule has 1 aromatic carbocycles. The van der Waals surface area contributed by atoms with Crippen molar-refractivity contribution in [3.05, 3.63) is 19.7 Å². The normalized spacial score (nSPS) is 9.77. The maximum absolute atomic E-state index is 10.6. The van der Waals surface area contributed by atoms with Crippen molar-refractivity contribution in [3.63, 3.8) is 0 Å². The molecule has 5 heteroatoms. The number of carbonyl (C=O) groups is 1. The van der Waals surface area contributed by atoms with Crippen molar-refractivity contribution in [2.75, 3.05) is 7.11 Å². The van der Waals surface area contributed by atoms with Gasteiger partial charge in [0.1, 0.15) is 0 Å². The first-order chi connectivity index (χ1) is 6.11. The Hall–Kier alpha value is -0.300. The molecule has 0 aliphatic heterocycles. The predicted molar refractivity (Wildman–Crippen MR) is 60.5 cm³/mol. The summed E-state index contributed by atoms with van der Waals surface area (Å²) in [6.45, 7) is 0. The molecule has 0 spiro atoms. The fourth-order valence-electron chi connectivity index (χ4n) is 0.853. The van der Waals surface area contributed by atoms with Gasteiger partial charge in [-0.25, -0.2) is 0 Å². The van der Waals surface area contributed by atoms with E-state index in [-0.39, 0.29) is 5.75 Å². The van der Waals surface area contributed by atoms with Gasteiger partial charge in [0.25, 0.3) is 0 Å². The Morgan fingerprint density at radius 1 is 1.69 bits per heavy atom. The number of ether oxygens (including phenoxy) is 1. The van der Waals surface area contributed by atoms with Gasteiger partial charge < -0.3 is 9.84 Å². The Bertz CT molecular complexity index is 352. The van der Waals surface area contributed by atoms with E-state index < -0.39 is 0 Å². The third-order valence-corrected chi connectivity index (χ3v) is 4.17. The van der Waals surface area contributed by atoms with Gasteiger partial charge >= 0.3 is 0 Å². The number of carbonyl (C=O) groups excluding carboxylic acids is 1. The van der Waals surface area contributed by atoms with Crippen LogP contribution in [0.25, 0.3) is 0 Å². The van der Waals surface area contributed by atoms with E-state index in [1.165, 1.54) is 13.2 Å². The summed E-state index contributed by atoms with van der Waals surface area (Å²) < 4.78 is 6.04. The van der Waals surface area contributed by atoms with Crippen LogP contribution in [0.2, 0.25) is 0 Å². The number of benzene rings is 1. The lowest BCUT2D eigenvalue weighted by atomic mass is 10.2. The fourth-order valence-corrected chi connectivity index (χ4v) is 1.83. The number of aromatic hydroxyl groups is 1. The molecule has 0 amide bonds. The van der Waals surface area contributed by atoms with Gasteiger partial charge in [0.15, 0.2) is 17.8 Å². The van der Waals surface area contributed by atoms with E-state index in [9.17, 15) is 9.90 Å². The highest BCUT2D eigenvalue weighted by Crippen LogP contribution is 2.37. The van der Waals surface area contributed by atoms with E-state index in [1.54, 1.807) is 0 Å². The molecule has 0 aliphatic rings. The maximum atomic E-state index is 10.6. The third kappa shape index (κ3) is 1.96. The van der Waals surface area contributed by atoms with E-state index >= 15 is 0 Å². The Kier molecular flexibility index (Phi) is 3.55. The summed E-state index contributed by atoms with van der Waals surface area (Å²) >= 11 is 5.13. The van der Waals surface area contributed by atoms with Crippen molar-refractivity contribution in [3.8, 4) is 11.5 Å². The number of hydrogen-bond donors (Lipinski definition) is 1. The summed E-state index contributed by atoms with van der Waals surface area (Å²) in [6.07, 6.45) is 0.703. The molecule has 0 heterocycles. The summed E-state index contributed by atoms with van der Waals surface area (Å²) in [5.41, 5.74) is 0.457. The Balaban J connectivity index is 3.45. The molecule has 0 atom stereocenters. The van der Waals surface area contributed by atoms with Crippen LogP contribution >= 0.6 is 38.5 Å². The minimum atomic E-state index is 0.0422. The van der Waals surface area contributed by atoms with E-state index in [2.05, 4.69) is 15.9 Å². The molecule has 0 fully saturated rings. The van der Waals surface area contributed by atoms with Crippen LogP contribution < -0.4 is 4.74 Å². The number of rotatable bonds is 2. The van der Waals surface area contributed by atoms with Crippen molar-refractivity contribution in [1.82, 2.24) is 0 Å². The van der Waals surface area contributed by atoms with Crippen molar-refractivity contribution in [1.29, 1.82) is 0 Å². The predicted octanol–water partition coefficient (Wildman–Crippen LogP) is 2.58. The van der Waals surface area contributed by atoms with E-state index in [0.717, 1.165) is 0 Å². The van der Waals surface area contributed by atoms with Crippen LogP contribution in [0.1, 0.15) is 10.4 Å². The lowest BCUT2D eigenvalue weighted by Crippen LogP contribution is -1.92. The van der Waals surface area contributed by atoms with Crippen LogP contribution in [0, 0.1) is 3.57 Å². The van der Waals surface area contributed by atoms with Crippen LogP contribution in [-0.4, -0.2) is 18.5 Å². The standard InChI is InChI=1S/C8H6BrIO3/c1-13-5-2-4(3-11)6(9)7(10)8(5)12/h2-3,12H,1H3. The van der Waals surface area contributed by atoms with E-state index in [1.807, 2.05) is 22.6 Å². The van der Waals surface area contributed by atoms with Gasteiger partial charge in [0, 0.05) is 10.0 Å². The lowest BCUT2D eigenvalue weighted by Gasteiger charge is -2.08. The molecule has 0 aromatic heterocycles. The second-order valence-corrected chi connectivity index (χ2v) is 4.13. The lowest BCUT2D eigenvalue weighted by molar-refractivity contribution is 0.112. The molecule has 1 N–H and O–H groups in total. The van der Waals surface area contributed by atoms with Gasteiger partial charge in [-0.3, -0.25) is 4.79 Å². The molecule has 0 radical (unpaired) electrons. The number of aldehydes is 1. The molecule has 1 rings (SSSR count). The van der Waals surface area contributed by atoms with E-state index in [4.69, 9.17) is 4.74 Å². The second kappa shape index (κ2) is 4.28. The maximum Gasteiger partial charge on any atom is 0.172 e. The van der Waals surface area contributed by atoms with Crippen LogP contribution in [-0.2, 0) is 0 Å². The molecular weight excluding hydrogens is 351 g/mol. The van der Waals surface area contributed by atoms with Crippen molar-refractivity contribution >= 4 is 44.8 Å². The van der Waals surface area contributed by atoms with Crippen LogP contribution in [0.4, 0.5) is 0 Å². The summed E-state index contributed by atoms with van der Waals surface area (Å²) in [5.74, 6) is 0.343. The largest absolute Gasteiger partial charge is 0.503 e. The first kappa shape index (κ1) is 10.8. The van der Waals surface area contributed by atoms with Gasteiger partial charge in [0.05, 0.1) is 10.7 Å².